The lowest BCUT2D eigenvalue weighted by atomic mass is 10.0. The van der Waals surface area contributed by atoms with E-state index >= 15 is 0 Å². The molecule has 0 spiro atoms. The predicted octanol–water partition coefficient (Wildman–Crippen LogP) is 2.30. The average molecular weight is 300 g/mol. The van der Waals surface area contributed by atoms with Crippen LogP contribution in [-0.2, 0) is 0 Å². The number of urea groups is 1. The molecule has 1 aliphatic rings. The number of benzene rings is 1. The highest BCUT2D eigenvalue weighted by atomic mass is 16.3. The molecular formula is C16H20N4O2. The Morgan fingerprint density at radius 3 is 2.64 bits per heavy atom. The van der Waals surface area contributed by atoms with Crippen molar-refractivity contribution in [3.8, 4) is 5.69 Å². The van der Waals surface area contributed by atoms with Crippen molar-refractivity contribution in [3.63, 3.8) is 0 Å². The van der Waals surface area contributed by atoms with Crippen LogP contribution in [0.25, 0.3) is 5.69 Å². The van der Waals surface area contributed by atoms with E-state index in [1.807, 2.05) is 36.5 Å². The van der Waals surface area contributed by atoms with Gasteiger partial charge in [-0.3, -0.25) is 0 Å². The van der Waals surface area contributed by atoms with Crippen LogP contribution in [0.4, 0.5) is 10.5 Å². The summed E-state index contributed by atoms with van der Waals surface area (Å²) >= 11 is 0. The third-order valence-corrected chi connectivity index (χ3v) is 4.01. The van der Waals surface area contributed by atoms with Crippen LogP contribution in [0.1, 0.15) is 25.7 Å². The number of carbonyl (C=O) groups is 1. The highest BCUT2D eigenvalue weighted by molar-refractivity contribution is 5.89. The van der Waals surface area contributed by atoms with Crippen LogP contribution in [0, 0.1) is 0 Å². The summed E-state index contributed by atoms with van der Waals surface area (Å²) in [5, 5.41) is 19.8. The standard InChI is InChI=1S/C16H20N4O2/c21-15(17-12-16(22)8-1-2-9-16)19-13-4-6-14(7-5-13)20-11-3-10-18-20/h3-7,10-11,22H,1-2,8-9,12H2,(H2,17,19,21). The SMILES string of the molecule is O=C(NCC1(O)CCCC1)Nc1ccc(-n2cccn2)cc1. The van der Waals surface area contributed by atoms with Gasteiger partial charge in [-0.05, 0) is 43.2 Å². The first-order valence-electron chi connectivity index (χ1n) is 7.52. The van der Waals surface area contributed by atoms with Crippen LogP contribution in [0.15, 0.2) is 42.7 Å². The predicted molar refractivity (Wildman–Crippen MR) is 84.0 cm³/mol. The molecule has 1 saturated carbocycles. The van der Waals surface area contributed by atoms with Crippen molar-refractivity contribution < 1.29 is 9.90 Å². The van der Waals surface area contributed by atoms with Crippen molar-refractivity contribution in [1.29, 1.82) is 0 Å². The Balaban J connectivity index is 1.53. The van der Waals surface area contributed by atoms with Crippen molar-refractivity contribution in [2.45, 2.75) is 31.3 Å². The first-order valence-corrected chi connectivity index (χ1v) is 7.52. The van der Waals surface area contributed by atoms with Gasteiger partial charge < -0.3 is 15.7 Å². The van der Waals surface area contributed by atoms with Gasteiger partial charge in [0.05, 0.1) is 11.3 Å². The lowest BCUT2D eigenvalue weighted by Crippen LogP contribution is -2.42. The Kier molecular flexibility index (Phi) is 4.11. The molecule has 3 rings (SSSR count). The summed E-state index contributed by atoms with van der Waals surface area (Å²) < 4.78 is 1.75. The molecule has 6 heteroatoms. The number of anilines is 1. The van der Waals surface area contributed by atoms with Crippen LogP contribution in [0.5, 0.6) is 0 Å². The normalized spacial score (nSPS) is 16.4. The van der Waals surface area contributed by atoms with Crippen LogP contribution >= 0.6 is 0 Å². The summed E-state index contributed by atoms with van der Waals surface area (Å²) in [4.78, 5) is 11.9. The zero-order valence-corrected chi connectivity index (χ0v) is 12.3. The molecule has 0 bridgehead atoms. The van der Waals surface area contributed by atoms with Crippen molar-refractivity contribution in [3.05, 3.63) is 42.7 Å². The Morgan fingerprint density at radius 2 is 2.00 bits per heavy atom. The van der Waals surface area contributed by atoms with E-state index in [1.54, 1.807) is 10.9 Å². The molecule has 1 fully saturated rings. The van der Waals surface area contributed by atoms with Gasteiger partial charge in [-0.1, -0.05) is 12.8 Å². The summed E-state index contributed by atoms with van der Waals surface area (Å²) in [6, 6.07) is 8.96. The van der Waals surface area contributed by atoms with Crippen LogP contribution in [-0.4, -0.2) is 33.1 Å². The second-order valence-corrected chi connectivity index (χ2v) is 5.74. The van der Waals surface area contributed by atoms with E-state index in [-0.39, 0.29) is 6.03 Å². The Morgan fingerprint density at radius 1 is 1.27 bits per heavy atom. The molecule has 3 N–H and O–H groups in total. The maximum Gasteiger partial charge on any atom is 0.319 e. The number of aliphatic hydroxyl groups is 1. The second kappa shape index (κ2) is 6.19. The molecule has 1 aromatic carbocycles. The summed E-state index contributed by atoms with van der Waals surface area (Å²) in [5.41, 5.74) is 0.893. The van der Waals surface area contributed by atoms with E-state index in [4.69, 9.17) is 0 Å². The minimum absolute atomic E-state index is 0.296. The van der Waals surface area contributed by atoms with E-state index in [0.29, 0.717) is 12.2 Å². The van der Waals surface area contributed by atoms with Crippen molar-refractivity contribution in [2.24, 2.45) is 0 Å². The summed E-state index contributed by atoms with van der Waals surface area (Å²) in [6.07, 6.45) is 7.13. The van der Waals surface area contributed by atoms with Gasteiger partial charge in [0.2, 0.25) is 0 Å². The molecule has 1 heterocycles. The summed E-state index contributed by atoms with van der Waals surface area (Å²) in [7, 11) is 0. The van der Waals surface area contributed by atoms with E-state index in [0.717, 1.165) is 31.4 Å². The number of nitrogens with zero attached hydrogens (tertiary/aromatic N) is 2. The molecule has 1 aromatic heterocycles. The highest BCUT2D eigenvalue weighted by Gasteiger charge is 2.31. The number of amides is 2. The van der Waals surface area contributed by atoms with Crippen LogP contribution < -0.4 is 10.6 Å². The number of rotatable bonds is 4. The molecule has 116 valence electrons. The largest absolute Gasteiger partial charge is 0.388 e. The van der Waals surface area contributed by atoms with Crippen molar-refractivity contribution in [1.82, 2.24) is 15.1 Å². The molecule has 2 aromatic rings. The monoisotopic (exact) mass is 300 g/mol. The fraction of sp³-hybridized carbons (Fsp3) is 0.375. The average Bonchev–Trinajstić information content (AvgIpc) is 3.18. The fourth-order valence-corrected chi connectivity index (χ4v) is 2.75. The molecule has 22 heavy (non-hydrogen) atoms. The number of aromatic nitrogens is 2. The molecular weight excluding hydrogens is 280 g/mol. The molecule has 0 radical (unpaired) electrons. The van der Waals surface area contributed by atoms with Gasteiger partial charge in [-0.25, -0.2) is 9.48 Å². The third kappa shape index (κ3) is 3.46. The molecule has 2 amide bonds. The Hall–Kier alpha value is -2.34. The molecule has 0 unspecified atom stereocenters. The topological polar surface area (TPSA) is 79.2 Å². The first-order chi connectivity index (χ1) is 10.6. The quantitative estimate of drug-likeness (QED) is 0.810. The van der Waals surface area contributed by atoms with Gasteiger partial charge in [0.1, 0.15) is 0 Å². The molecule has 0 atom stereocenters. The Labute approximate surface area is 129 Å². The van der Waals surface area contributed by atoms with Gasteiger partial charge in [0, 0.05) is 24.6 Å². The maximum absolute atomic E-state index is 11.9. The maximum atomic E-state index is 11.9. The van der Waals surface area contributed by atoms with E-state index in [1.165, 1.54) is 0 Å². The zero-order chi connectivity index (χ0) is 15.4. The molecule has 6 nitrogen and oxygen atoms in total. The van der Waals surface area contributed by atoms with E-state index in [2.05, 4.69) is 15.7 Å². The van der Waals surface area contributed by atoms with Crippen molar-refractivity contribution >= 4 is 11.7 Å². The molecule has 0 saturated heterocycles. The third-order valence-electron chi connectivity index (χ3n) is 4.01. The number of nitrogens with one attached hydrogen (secondary N) is 2. The lowest BCUT2D eigenvalue weighted by molar-refractivity contribution is 0.0506. The number of hydrogen-bond donors (Lipinski definition) is 3. The van der Waals surface area contributed by atoms with Crippen LogP contribution in [0.3, 0.4) is 0 Å². The Bertz CT molecular complexity index is 616. The highest BCUT2D eigenvalue weighted by Crippen LogP contribution is 2.28. The van der Waals surface area contributed by atoms with Gasteiger partial charge >= 0.3 is 6.03 Å². The smallest absolute Gasteiger partial charge is 0.319 e. The van der Waals surface area contributed by atoms with Gasteiger partial charge in [0.15, 0.2) is 0 Å². The minimum Gasteiger partial charge on any atom is -0.388 e. The fourth-order valence-electron chi connectivity index (χ4n) is 2.75. The summed E-state index contributed by atoms with van der Waals surface area (Å²) in [5.74, 6) is 0. The minimum atomic E-state index is -0.735. The van der Waals surface area contributed by atoms with E-state index in [9.17, 15) is 9.90 Å². The number of carbonyl (C=O) groups excluding carboxylic acids is 1. The van der Waals surface area contributed by atoms with Gasteiger partial charge in [-0.15, -0.1) is 0 Å². The molecule has 0 aliphatic heterocycles. The van der Waals surface area contributed by atoms with Gasteiger partial charge in [0.25, 0.3) is 0 Å². The second-order valence-electron chi connectivity index (χ2n) is 5.74. The number of hydrogen-bond acceptors (Lipinski definition) is 3. The zero-order valence-electron chi connectivity index (χ0n) is 12.3. The first kappa shape index (κ1) is 14.6. The van der Waals surface area contributed by atoms with Crippen LogP contribution in [0.2, 0.25) is 0 Å². The molecule has 1 aliphatic carbocycles. The van der Waals surface area contributed by atoms with Gasteiger partial charge in [-0.2, -0.15) is 5.10 Å². The summed E-state index contributed by atoms with van der Waals surface area (Å²) in [6.45, 7) is 0.296. The van der Waals surface area contributed by atoms with E-state index < -0.39 is 5.60 Å². The lowest BCUT2D eigenvalue weighted by Gasteiger charge is -2.22. The van der Waals surface area contributed by atoms with Crippen molar-refractivity contribution in [2.75, 3.05) is 11.9 Å².